The molecule has 3 aliphatic carbocycles. The number of hydrogen-bond donors (Lipinski definition) is 0. The second kappa shape index (κ2) is 9.28. The maximum atomic E-state index is 2.59. The molecule has 0 atom stereocenters. The predicted molar refractivity (Wildman–Crippen MR) is 162 cm³/mol. The summed E-state index contributed by atoms with van der Waals surface area (Å²) in [4.78, 5) is 0. The van der Waals surface area contributed by atoms with Crippen LogP contribution in [0.3, 0.4) is 0 Å². The van der Waals surface area contributed by atoms with Gasteiger partial charge in [-0.3, -0.25) is 0 Å². The fourth-order valence-electron chi connectivity index (χ4n) is 7.38. The van der Waals surface area contributed by atoms with Crippen LogP contribution in [0.2, 0.25) is 0 Å². The summed E-state index contributed by atoms with van der Waals surface area (Å²) in [6.45, 7) is 4.54. The first-order chi connectivity index (χ1) is 18.7. The van der Waals surface area contributed by atoms with Gasteiger partial charge in [0, 0.05) is 5.41 Å². The molecule has 0 saturated heterocycles. The molecule has 4 aromatic carbocycles. The summed E-state index contributed by atoms with van der Waals surface area (Å²) in [6, 6.07) is 31.9. The van der Waals surface area contributed by atoms with E-state index in [1.807, 2.05) is 0 Å². The van der Waals surface area contributed by atoms with Crippen molar-refractivity contribution in [2.45, 2.75) is 58.8 Å². The average molecular weight is 493 g/mol. The summed E-state index contributed by atoms with van der Waals surface area (Å²) < 4.78 is 0. The molecule has 38 heavy (non-hydrogen) atoms. The molecular formula is C38H36. The Morgan fingerprint density at radius 2 is 0.974 bits per heavy atom. The highest BCUT2D eigenvalue weighted by Gasteiger charge is 2.46. The lowest BCUT2D eigenvalue weighted by molar-refractivity contribution is 0.235. The lowest BCUT2D eigenvalue weighted by atomic mass is 9.59. The standard InChI is InChI=1S/C38H36/c1-3-26-12-5-7-16-32(26)34-18-9-14-28-22-30(24-36(28)34)38(20-11-21-38)31-23-29-15-10-19-35(37(29)25-31)33-17-8-6-13-27(33)4-2/h5-10,12-19,24-25H,3-4,11,20-23H2,1-2H3. The van der Waals surface area contributed by atoms with Crippen molar-refractivity contribution in [1.82, 2.24) is 0 Å². The molecule has 3 aliphatic rings. The summed E-state index contributed by atoms with van der Waals surface area (Å²) >= 11 is 0. The summed E-state index contributed by atoms with van der Waals surface area (Å²) in [6.07, 6.45) is 13.4. The van der Waals surface area contributed by atoms with Crippen molar-refractivity contribution in [3.63, 3.8) is 0 Å². The van der Waals surface area contributed by atoms with E-state index >= 15 is 0 Å². The molecule has 0 heteroatoms. The van der Waals surface area contributed by atoms with Crippen LogP contribution in [-0.4, -0.2) is 0 Å². The Balaban J connectivity index is 1.30. The lowest BCUT2D eigenvalue weighted by Crippen LogP contribution is -2.34. The van der Waals surface area contributed by atoms with Gasteiger partial charge in [0.05, 0.1) is 0 Å². The second-order valence-corrected chi connectivity index (χ2v) is 11.4. The van der Waals surface area contributed by atoms with Gasteiger partial charge in [0.2, 0.25) is 0 Å². The van der Waals surface area contributed by atoms with Crippen molar-refractivity contribution in [2.24, 2.45) is 5.41 Å². The van der Waals surface area contributed by atoms with Crippen molar-refractivity contribution in [2.75, 3.05) is 0 Å². The Labute approximate surface area is 227 Å². The molecule has 0 bridgehead atoms. The fourth-order valence-corrected chi connectivity index (χ4v) is 7.38. The summed E-state index contributed by atoms with van der Waals surface area (Å²) in [5, 5.41) is 0. The van der Waals surface area contributed by atoms with Crippen LogP contribution in [0.15, 0.2) is 96.1 Å². The quantitative estimate of drug-likeness (QED) is 0.251. The largest absolute Gasteiger partial charge is 0.0620 e. The Morgan fingerprint density at radius 3 is 1.39 bits per heavy atom. The van der Waals surface area contributed by atoms with Crippen LogP contribution in [0.25, 0.3) is 34.4 Å². The van der Waals surface area contributed by atoms with Gasteiger partial charge < -0.3 is 0 Å². The number of rotatable bonds is 6. The molecule has 0 radical (unpaired) electrons. The minimum Gasteiger partial charge on any atom is -0.0620 e. The van der Waals surface area contributed by atoms with Gasteiger partial charge in [0.1, 0.15) is 0 Å². The number of aryl methyl sites for hydroxylation is 2. The van der Waals surface area contributed by atoms with E-state index in [0.29, 0.717) is 0 Å². The third-order valence-electron chi connectivity index (χ3n) is 9.61. The first-order valence-corrected chi connectivity index (χ1v) is 14.5. The highest BCUT2D eigenvalue weighted by molar-refractivity contribution is 5.86. The molecule has 0 spiro atoms. The monoisotopic (exact) mass is 492 g/mol. The molecule has 1 saturated carbocycles. The minimum atomic E-state index is 0.223. The second-order valence-electron chi connectivity index (χ2n) is 11.4. The van der Waals surface area contributed by atoms with Gasteiger partial charge in [-0.15, -0.1) is 0 Å². The molecule has 0 aromatic heterocycles. The number of benzene rings is 4. The first kappa shape index (κ1) is 23.5. The molecule has 7 rings (SSSR count). The molecular weight excluding hydrogens is 456 g/mol. The number of allylic oxidation sites excluding steroid dienone is 2. The van der Waals surface area contributed by atoms with Crippen LogP contribution in [0.5, 0.6) is 0 Å². The van der Waals surface area contributed by atoms with Gasteiger partial charge in [-0.1, -0.05) is 128 Å². The van der Waals surface area contributed by atoms with E-state index in [1.165, 1.54) is 74.9 Å². The number of hydrogen-bond acceptors (Lipinski definition) is 0. The summed E-state index contributed by atoms with van der Waals surface area (Å²) in [5.41, 5.74) is 17.9. The first-order valence-electron chi connectivity index (χ1n) is 14.5. The van der Waals surface area contributed by atoms with Gasteiger partial charge in [0.25, 0.3) is 0 Å². The smallest absolute Gasteiger partial charge is 0.0134 e. The third-order valence-corrected chi connectivity index (χ3v) is 9.61. The predicted octanol–water partition coefficient (Wildman–Crippen LogP) is 9.89. The normalized spacial score (nSPS) is 16.9. The zero-order valence-corrected chi connectivity index (χ0v) is 22.7. The molecule has 0 aliphatic heterocycles. The van der Waals surface area contributed by atoms with E-state index < -0.39 is 0 Å². The zero-order chi connectivity index (χ0) is 25.7. The summed E-state index contributed by atoms with van der Waals surface area (Å²) in [7, 11) is 0. The molecule has 4 aromatic rings. The third kappa shape index (κ3) is 3.57. The van der Waals surface area contributed by atoms with E-state index in [4.69, 9.17) is 0 Å². The van der Waals surface area contributed by atoms with E-state index in [9.17, 15) is 0 Å². The zero-order valence-electron chi connectivity index (χ0n) is 22.7. The lowest BCUT2D eigenvalue weighted by Gasteiger charge is -2.45. The van der Waals surface area contributed by atoms with Crippen molar-refractivity contribution in [1.29, 1.82) is 0 Å². The highest BCUT2D eigenvalue weighted by atomic mass is 14.5. The van der Waals surface area contributed by atoms with Gasteiger partial charge >= 0.3 is 0 Å². The van der Waals surface area contributed by atoms with E-state index in [2.05, 4.69) is 111 Å². The average Bonchev–Trinajstić information content (AvgIpc) is 3.57. The molecule has 1 fully saturated rings. The van der Waals surface area contributed by atoms with Crippen LogP contribution >= 0.6 is 0 Å². The Bertz CT molecular complexity index is 1490. The van der Waals surface area contributed by atoms with Crippen molar-refractivity contribution in [3.05, 3.63) is 129 Å². The topological polar surface area (TPSA) is 0 Å². The van der Waals surface area contributed by atoms with Crippen molar-refractivity contribution >= 4 is 12.2 Å². The molecule has 0 nitrogen and oxygen atoms in total. The maximum absolute atomic E-state index is 2.59. The maximum Gasteiger partial charge on any atom is 0.0134 e. The van der Waals surface area contributed by atoms with Crippen LogP contribution in [0, 0.1) is 5.41 Å². The fraction of sp³-hybridized carbons (Fsp3) is 0.263. The number of fused-ring (bicyclic) bond motifs is 2. The van der Waals surface area contributed by atoms with Crippen LogP contribution < -0.4 is 0 Å². The van der Waals surface area contributed by atoms with Crippen molar-refractivity contribution < 1.29 is 0 Å². The van der Waals surface area contributed by atoms with Gasteiger partial charge in [-0.05, 0) is 94.2 Å². The summed E-state index contributed by atoms with van der Waals surface area (Å²) in [5.74, 6) is 0. The Kier molecular flexibility index (Phi) is 5.73. The Hall–Kier alpha value is -3.64. The molecule has 0 amide bonds. The van der Waals surface area contributed by atoms with Crippen LogP contribution in [0.1, 0.15) is 66.5 Å². The van der Waals surface area contributed by atoms with E-state index in [1.54, 1.807) is 11.1 Å². The molecule has 188 valence electrons. The molecule has 0 heterocycles. The van der Waals surface area contributed by atoms with Gasteiger partial charge in [0.15, 0.2) is 0 Å². The Morgan fingerprint density at radius 1 is 0.526 bits per heavy atom. The highest BCUT2D eigenvalue weighted by Crippen LogP contribution is 2.59. The molecule has 0 N–H and O–H groups in total. The minimum absolute atomic E-state index is 0.223. The van der Waals surface area contributed by atoms with E-state index in [-0.39, 0.29) is 5.41 Å². The molecule has 0 unspecified atom stereocenters. The SMILES string of the molecule is CCc1ccccc1-c1cccc2c1C=C(C1(C3=Cc4c(cccc4-c4ccccc4CC)C3)CCC1)C2. The van der Waals surface area contributed by atoms with Crippen LogP contribution in [-0.2, 0) is 25.7 Å². The van der Waals surface area contributed by atoms with Crippen LogP contribution in [0.4, 0.5) is 0 Å². The van der Waals surface area contributed by atoms with Gasteiger partial charge in [-0.25, -0.2) is 0 Å². The van der Waals surface area contributed by atoms with Gasteiger partial charge in [-0.2, -0.15) is 0 Å². The van der Waals surface area contributed by atoms with Crippen molar-refractivity contribution in [3.8, 4) is 22.3 Å². The van der Waals surface area contributed by atoms with E-state index in [0.717, 1.165) is 25.7 Å².